The first-order valence-electron chi connectivity index (χ1n) is 7.27. The molecule has 0 aromatic heterocycles. The van der Waals surface area contributed by atoms with E-state index in [1.54, 1.807) is 4.90 Å². The first kappa shape index (κ1) is 14.6. The van der Waals surface area contributed by atoms with Crippen molar-refractivity contribution in [1.29, 1.82) is 0 Å². The molecule has 1 saturated heterocycles. The Labute approximate surface area is 120 Å². The van der Waals surface area contributed by atoms with E-state index in [-0.39, 0.29) is 17.9 Å². The molecule has 0 spiro atoms. The van der Waals surface area contributed by atoms with Gasteiger partial charge in [0.25, 0.3) is 0 Å². The first-order chi connectivity index (χ1) is 9.60. The number of nitrogens with one attached hydrogen (secondary N) is 1. The molecular weight excluding hydrogens is 252 g/mol. The lowest BCUT2D eigenvalue weighted by molar-refractivity contribution is -0.152. The highest BCUT2D eigenvalue weighted by Gasteiger charge is 2.42. The summed E-state index contributed by atoms with van der Waals surface area (Å²) in [7, 11) is 0. The average molecular weight is 274 g/mol. The maximum atomic E-state index is 12.6. The van der Waals surface area contributed by atoms with Gasteiger partial charge in [0.15, 0.2) is 0 Å². The Bertz CT molecular complexity index is 487. The second-order valence-electron chi connectivity index (χ2n) is 5.29. The average Bonchev–Trinajstić information content (AvgIpc) is 2.48. The predicted octanol–water partition coefficient (Wildman–Crippen LogP) is 2.26. The van der Waals surface area contributed by atoms with Crippen LogP contribution in [0.15, 0.2) is 30.3 Å². The van der Waals surface area contributed by atoms with Crippen LogP contribution in [-0.4, -0.2) is 28.8 Å². The van der Waals surface area contributed by atoms with E-state index in [1.165, 1.54) is 0 Å². The summed E-state index contributed by atoms with van der Waals surface area (Å²) in [5, 5.41) is 2.84. The quantitative estimate of drug-likeness (QED) is 0.915. The number of nitrogens with zero attached hydrogens (tertiary/aromatic N) is 1. The third kappa shape index (κ3) is 2.55. The lowest BCUT2D eigenvalue weighted by Crippen LogP contribution is -2.61. The van der Waals surface area contributed by atoms with Crippen molar-refractivity contribution in [2.45, 2.75) is 51.7 Å². The van der Waals surface area contributed by atoms with Crippen LogP contribution in [0, 0.1) is 0 Å². The Morgan fingerprint density at radius 3 is 2.40 bits per heavy atom. The van der Waals surface area contributed by atoms with Gasteiger partial charge in [-0.25, -0.2) is 0 Å². The maximum Gasteiger partial charge on any atom is 0.248 e. The topological polar surface area (TPSA) is 49.4 Å². The zero-order valence-corrected chi connectivity index (χ0v) is 12.3. The number of hydrogen-bond donors (Lipinski definition) is 1. The van der Waals surface area contributed by atoms with Gasteiger partial charge in [0.1, 0.15) is 12.1 Å². The Hall–Kier alpha value is -1.84. The third-order valence-corrected chi connectivity index (χ3v) is 3.98. The molecule has 0 aliphatic carbocycles. The minimum Gasteiger partial charge on any atom is -0.342 e. The van der Waals surface area contributed by atoms with E-state index in [0.717, 1.165) is 12.0 Å². The van der Waals surface area contributed by atoms with E-state index in [0.29, 0.717) is 6.42 Å². The first-order valence-corrected chi connectivity index (χ1v) is 7.27. The minimum atomic E-state index is -0.513. The molecule has 0 radical (unpaired) electrons. The van der Waals surface area contributed by atoms with Gasteiger partial charge in [-0.3, -0.25) is 9.59 Å². The number of carbonyl (C=O) groups excluding carboxylic acids is 2. The summed E-state index contributed by atoms with van der Waals surface area (Å²) in [6.07, 6.45) is 1.46. The molecule has 108 valence electrons. The minimum absolute atomic E-state index is 0.0234. The van der Waals surface area contributed by atoms with Crippen LogP contribution in [0.5, 0.6) is 0 Å². The van der Waals surface area contributed by atoms with Crippen molar-refractivity contribution >= 4 is 11.8 Å². The van der Waals surface area contributed by atoms with Crippen molar-refractivity contribution in [3.63, 3.8) is 0 Å². The van der Waals surface area contributed by atoms with Gasteiger partial charge >= 0.3 is 0 Å². The van der Waals surface area contributed by atoms with E-state index >= 15 is 0 Å². The molecule has 0 saturated carbocycles. The second-order valence-corrected chi connectivity index (χ2v) is 5.29. The zero-order chi connectivity index (χ0) is 14.7. The number of hydrogen-bond acceptors (Lipinski definition) is 2. The number of amides is 2. The molecule has 3 atom stereocenters. The number of benzene rings is 1. The van der Waals surface area contributed by atoms with Crippen LogP contribution in [0.25, 0.3) is 0 Å². The number of carbonyl (C=O) groups is 2. The summed E-state index contributed by atoms with van der Waals surface area (Å²) in [4.78, 5) is 26.8. The molecule has 0 bridgehead atoms. The van der Waals surface area contributed by atoms with E-state index in [2.05, 4.69) is 5.32 Å². The van der Waals surface area contributed by atoms with Crippen molar-refractivity contribution in [1.82, 2.24) is 10.2 Å². The highest BCUT2D eigenvalue weighted by atomic mass is 16.2. The molecule has 1 aromatic carbocycles. The largest absolute Gasteiger partial charge is 0.342 e. The summed E-state index contributed by atoms with van der Waals surface area (Å²) >= 11 is 0. The van der Waals surface area contributed by atoms with Crippen molar-refractivity contribution in [3.05, 3.63) is 35.9 Å². The fourth-order valence-electron chi connectivity index (χ4n) is 2.64. The van der Waals surface area contributed by atoms with Crippen molar-refractivity contribution in [3.8, 4) is 0 Å². The van der Waals surface area contributed by atoms with Crippen LogP contribution in [0.2, 0.25) is 0 Å². The van der Waals surface area contributed by atoms with Gasteiger partial charge in [-0.2, -0.15) is 0 Å². The van der Waals surface area contributed by atoms with Crippen LogP contribution in [-0.2, 0) is 9.59 Å². The predicted molar refractivity (Wildman–Crippen MR) is 78.0 cm³/mol. The zero-order valence-electron chi connectivity index (χ0n) is 12.3. The third-order valence-electron chi connectivity index (χ3n) is 3.98. The van der Waals surface area contributed by atoms with Crippen LogP contribution >= 0.6 is 0 Å². The normalized spacial score (nSPS) is 24.4. The smallest absolute Gasteiger partial charge is 0.248 e. The summed E-state index contributed by atoms with van der Waals surface area (Å²) < 4.78 is 0. The highest BCUT2D eigenvalue weighted by molar-refractivity contribution is 5.97. The van der Waals surface area contributed by atoms with Crippen molar-refractivity contribution in [2.24, 2.45) is 0 Å². The molecule has 1 aromatic rings. The monoisotopic (exact) mass is 274 g/mol. The van der Waals surface area contributed by atoms with Crippen molar-refractivity contribution < 1.29 is 9.59 Å². The van der Waals surface area contributed by atoms with Gasteiger partial charge in [0, 0.05) is 6.04 Å². The number of piperazine rings is 1. The molecule has 1 N–H and O–H groups in total. The van der Waals surface area contributed by atoms with Crippen molar-refractivity contribution in [2.75, 3.05) is 0 Å². The number of rotatable bonds is 4. The van der Waals surface area contributed by atoms with E-state index in [9.17, 15) is 9.59 Å². The molecule has 3 unspecified atom stereocenters. The highest BCUT2D eigenvalue weighted by Crippen LogP contribution is 2.29. The summed E-state index contributed by atoms with van der Waals surface area (Å²) in [6.45, 7) is 5.95. The Balaban J connectivity index is 2.41. The lowest BCUT2D eigenvalue weighted by atomic mass is 9.96. The van der Waals surface area contributed by atoms with Crippen LogP contribution in [0.1, 0.15) is 45.2 Å². The Morgan fingerprint density at radius 2 is 1.85 bits per heavy atom. The van der Waals surface area contributed by atoms with Gasteiger partial charge in [0.2, 0.25) is 11.8 Å². The van der Waals surface area contributed by atoms with Gasteiger partial charge in [-0.05, 0) is 25.3 Å². The van der Waals surface area contributed by atoms with E-state index in [4.69, 9.17) is 0 Å². The van der Waals surface area contributed by atoms with Gasteiger partial charge < -0.3 is 10.2 Å². The molecule has 4 nitrogen and oxygen atoms in total. The molecule has 4 heteroatoms. The fraction of sp³-hybridized carbons (Fsp3) is 0.500. The summed E-state index contributed by atoms with van der Waals surface area (Å²) in [5.41, 5.74) is 0.869. The standard InChI is InChI=1S/C16H22N2O2/c1-4-11(3)18-14(12-9-7-6-8-10-12)15(19)17-13(5-2)16(18)20/h6-11,13-14H,4-5H2,1-3H3,(H,17,19). The van der Waals surface area contributed by atoms with Gasteiger partial charge in [-0.15, -0.1) is 0 Å². The van der Waals surface area contributed by atoms with Crippen LogP contribution in [0.3, 0.4) is 0 Å². The Kier molecular flexibility index (Phi) is 4.42. The van der Waals surface area contributed by atoms with E-state index in [1.807, 2.05) is 51.1 Å². The summed E-state index contributed by atoms with van der Waals surface area (Å²) in [5.74, 6) is -0.0572. The van der Waals surface area contributed by atoms with Crippen LogP contribution in [0.4, 0.5) is 0 Å². The van der Waals surface area contributed by atoms with E-state index < -0.39 is 12.1 Å². The molecule has 1 aliphatic heterocycles. The molecule has 2 amide bonds. The maximum absolute atomic E-state index is 12.6. The fourth-order valence-corrected chi connectivity index (χ4v) is 2.64. The Morgan fingerprint density at radius 1 is 1.20 bits per heavy atom. The second kappa shape index (κ2) is 6.07. The molecule has 20 heavy (non-hydrogen) atoms. The molecule has 2 rings (SSSR count). The van der Waals surface area contributed by atoms with Gasteiger partial charge in [-0.1, -0.05) is 44.2 Å². The van der Waals surface area contributed by atoms with Crippen LogP contribution < -0.4 is 5.32 Å². The SMILES string of the molecule is CCC1NC(=O)C(c2ccccc2)N(C(C)CC)C1=O. The molecular formula is C16H22N2O2. The van der Waals surface area contributed by atoms with Gasteiger partial charge in [0.05, 0.1) is 0 Å². The lowest BCUT2D eigenvalue weighted by Gasteiger charge is -2.42. The summed E-state index contributed by atoms with van der Waals surface area (Å²) in [6, 6.07) is 8.65. The molecule has 1 heterocycles. The molecule has 1 fully saturated rings. The molecule has 1 aliphatic rings.